The van der Waals surface area contributed by atoms with Gasteiger partial charge in [-0.15, -0.1) is 0 Å². The number of aryl methyl sites for hydroxylation is 2. The molecule has 100 valence electrons. The van der Waals surface area contributed by atoms with Crippen LogP contribution >= 0.6 is 0 Å². The molecule has 0 aromatic heterocycles. The van der Waals surface area contributed by atoms with Crippen LogP contribution in [0.4, 0.5) is 4.39 Å². The van der Waals surface area contributed by atoms with Gasteiger partial charge in [-0.05, 0) is 55.6 Å². The van der Waals surface area contributed by atoms with E-state index < -0.39 is 0 Å². The summed E-state index contributed by atoms with van der Waals surface area (Å²) in [7, 11) is 0. The number of benzene rings is 2. The van der Waals surface area contributed by atoms with Crippen LogP contribution in [0, 0.1) is 19.7 Å². The summed E-state index contributed by atoms with van der Waals surface area (Å²) in [6, 6.07) is 13.2. The van der Waals surface area contributed by atoms with Gasteiger partial charge >= 0.3 is 0 Å². The molecular formula is C17H20FN. The van der Waals surface area contributed by atoms with Crippen LogP contribution in [0.2, 0.25) is 0 Å². The fourth-order valence-electron chi connectivity index (χ4n) is 2.53. The zero-order valence-electron chi connectivity index (χ0n) is 11.5. The SMILES string of the molecule is Cc1ccc(C)c(C(CCN)c2cccc(F)c2)c1. The number of nitrogens with two attached hydrogens (primary N) is 1. The minimum Gasteiger partial charge on any atom is -0.330 e. The lowest BCUT2D eigenvalue weighted by Crippen LogP contribution is -2.10. The largest absolute Gasteiger partial charge is 0.330 e. The molecule has 1 unspecified atom stereocenters. The topological polar surface area (TPSA) is 26.0 Å². The van der Waals surface area contributed by atoms with Gasteiger partial charge < -0.3 is 5.73 Å². The third-order valence-electron chi connectivity index (χ3n) is 3.52. The van der Waals surface area contributed by atoms with Crippen molar-refractivity contribution in [1.29, 1.82) is 0 Å². The second-order valence-electron chi connectivity index (χ2n) is 5.04. The Labute approximate surface area is 114 Å². The van der Waals surface area contributed by atoms with Crippen LogP contribution in [0.5, 0.6) is 0 Å². The van der Waals surface area contributed by atoms with Crippen molar-refractivity contribution in [2.24, 2.45) is 5.73 Å². The van der Waals surface area contributed by atoms with Gasteiger partial charge in [-0.3, -0.25) is 0 Å². The summed E-state index contributed by atoms with van der Waals surface area (Å²) in [6.07, 6.45) is 0.827. The lowest BCUT2D eigenvalue weighted by molar-refractivity contribution is 0.620. The highest BCUT2D eigenvalue weighted by atomic mass is 19.1. The molecule has 0 heterocycles. The lowest BCUT2D eigenvalue weighted by atomic mass is 9.85. The highest BCUT2D eigenvalue weighted by Gasteiger charge is 2.16. The molecule has 1 nitrogen and oxygen atoms in total. The van der Waals surface area contributed by atoms with E-state index in [-0.39, 0.29) is 11.7 Å². The van der Waals surface area contributed by atoms with E-state index in [1.807, 2.05) is 6.07 Å². The molecule has 0 bridgehead atoms. The quantitative estimate of drug-likeness (QED) is 0.882. The van der Waals surface area contributed by atoms with Crippen LogP contribution in [0.3, 0.4) is 0 Å². The van der Waals surface area contributed by atoms with Crippen LogP contribution in [-0.4, -0.2) is 6.54 Å². The molecule has 2 N–H and O–H groups in total. The van der Waals surface area contributed by atoms with Gasteiger partial charge in [0, 0.05) is 5.92 Å². The second-order valence-corrected chi connectivity index (χ2v) is 5.04. The van der Waals surface area contributed by atoms with Crippen LogP contribution in [-0.2, 0) is 0 Å². The van der Waals surface area contributed by atoms with E-state index in [0.717, 1.165) is 12.0 Å². The standard InChI is InChI=1S/C17H20FN/c1-12-6-7-13(2)17(10-12)16(8-9-19)14-4-3-5-15(18)11-14/h3-7,10-11,16H,8-9,19H2,1-2H3. The van der Waals surface area contributed by atoms with Crippen molar-refractivity contribution in [2.45, 2.75) is 26.2 Å². The number of hydrogen-bond donors (Lipinski definition) is 1. The predicted molar refractivity (Wildman–Crippen MR) is 77.8 cm³/mol. The molecule has 0 aliphatic heterocycles. The summed E-state index contributed by atoms with van der Waals surface area (Å²) in [5, 5.41) is 0. The Bertz CT molecular complexity index is 563. The van der Waals surface area contributed by atoms with Crippen LogP contribution < -0.4 is 5.73 Å². The molecule has 2 rings (SSSR count). The highest BCUT2D eigenvalue weighted by molar-refractivity contribution is 5.39. The number of halogens is 1. The minimum atomic E-state index is -0.190. The first kappa shape index (κ1) is 13.8. The van der Waals surface area contributed by atoms with Crippen LogP contribution in [0.25, 0.3) is 0 Å². The highest BCUT2D eigenvalue weighted by Crippen LogP contribution is 2.30. The molecule has 19 heavy (non-hydrogen) atoms. The van der Waals surface area contributed by atoms with E-state index in [1.54, 1.807) is 12.1 Å². The van der Waals surface area contributed by atoms with Gasteiger partial charge in [-0.25, -0.2) is 4.39 Å². The Morgan fingerprint density at radius 1 is 1.11 bits per heavy atom. The molecule has 2 heteroatoms. The first-order chi connectivity index (χ1) is 9.11. The lowest BCUT2D eigenvalue weighted by Gasteiger charge is -2.20. The van der Waals surface area contributed by atoms with Gasteiger partial charge in [-0.1, -0.05) is 35.9 Å². The van der Waals surface area contributed by atoms with Crippen molar-refractivity contribution in [3.8, 4) is 0 Å². The van der Waals surface area contributed by atoms with E-state index >= 15 is 0 Å². The van der Waals surface area contributed by atoms with Gasteiger partial charge in [0.15, 0.2) is 0 Å². The Hall–Kier alpha value is -1.67. The summed E-state index contributed by atoms with van der Waals surface area (Å²) in [5.74, 6) is -0.0228. The Balaban J connectivity index is 2.48. The average Bonchev–Trinajstić information content (AvgIpc) is 2.39. The fourth-order valence-corrected chi connectivity index (χ4v) is 2.53. The smallest absolute Gasteiger partial charge is 0.123 e. The van der Waals surface area contributed by atoms with Gasteiger partial charge in [0.2, 0.25) is 0 Å². The van der Waals surface area contributed by atoms with Gasteiger partial charge in [0.05, 0.1) is 0 Å². The van der Waals surface area contributed by atoms with Crippen LogP contribution in [0.1, 0.15) is 34.6 Å². The van der Waals surface area contributed by atoms with Gasteiger partial charge in [-0.2, -0.15) is 0 Å². The first-order valence-corrected chi connectivity index (χ1v) is 6.64. The van der Waals surface area contributed by atoms with Gasteiger partial charge in [0.1, 0.15) is 5.82 Å². The van der Waals surface area contributed by atoms with Crippen molar-refractivity contribution in [1.82, 2.24) is 0 Å². The van der Waals surface area contributed by atoms with Crippen molar-refractivity contribution in [3.05, 3.63) is 70.5 Å². The molecule has 0 amide bonds. The summed E-state index contributed by atoms with van der Waals surface area (Å²) < 4.78 is 13.4. The second kappa shape index (κ2) is 5.98. The average molecular weight is 257 g/mol. The summed E-state index contributed by atoms with van der Waals surface area (Å²) >= 11 is 0. The van der Waals surface area contributed by atoms with Crippen molar-refractivity contribution in [2.75, 3.05) is 6.54 Å². The zero-order chi connectivity index (χ0) is 13.8. The fraction of sp³-hybridized carbons (Fsp3) is 0.294. The monoisotopic (exact) mass is 257 g/mol. The molecular weight excluding hydrogens is 237 g/mol. The van der Waals surface area contributed by atoms with E-state index in [0.29, 0.717) is 6.54 Å². The van der Waals surface area contributed by atoms with Crippen molar-refractivity contribution in [3.63, 3.8) is 0 Å². The molecule has 0 spiro atoms. The molecule has 2 aromatic rings. The molecule has 0 aliphatic carbocycles. The predicted octanol–water partition coefficient (Wildman–Crippen LogP) is 3.92. The third kappa shape index (κ3) is 3.21. The minimum absolute atomic E-state index is 0.167. The molecule has 0 saturated heterocycles. The summed E-state index contributed by atoms with van der Waals surface area (Å²) in [6.45, 7) is 4.76. The summed E-state index contributed by atoms with van der Waals surface area (Å²) in [5.41, 5.74) is 10.4. The molecule has 1 atom stereocenters. The molecule has 0 aliphatic rings. The third-order valence-corrected chi connectivity index (χ3v) is 3.52. The normalized spacial score (nSPS) is 12.4. The molecule has 2 aromatic carbocycles. The Kier molecular flexibility index (Phi) is 4.33. The maximum absolute atomic E-state index is 13.4. The number of rotatable bonds is 4. The first-order valence-electron chi connectivity index (χ1n) is 6.64. The van der Waals surface area contributed by atoms with Crippen molar-refractivity contribution >= 4 is 0 Å². The van der Waals surface area contributed by atoms with Crippen LogP contribution in [0.15, 0.2) is 42.5 Å². The van der Waals surface area contributed by atoms with E-state index in [2.05, 4.69) is 32.0 Å². The van der Waals surface area contributed by atoms with E-state index in [1.165, 1.54) is 22.8 Å². The maximum atomic E-state index is 13.4. The zero-order valence-corrected chi connectivity index (χ0v) is 11.5. The number of hydrogen-bond acceptors (Lipinski definition) is 1. The molecule has 0 fully saturated rings. The van der Waals surface area contributed by atoms with Gasteiger partial charge in [0.25, 0.3) is 0 Å². The maximum Gasteiger partial charge on any atom is 0.123 e. The van der Waals surface area contributed by atoms with E-state index in [4.69, 9.17) is 5.73 Å². The van der Waals surface area contributed by atoms with E-state index in [9.17, 15) is 4.39 Å². The Morgan fingerprint density at radius 2 is 1.89 bits per heavy atom. The molecule has 0 radical (unpaired) electrons. The van der Waals surface area contributed by atoms with Crippen molar-refractivity contribution < 1.29 is 4.39 Å². The molecule has 0 saturated carbocycles. The summed E-state index contributed by atoms with van der Waals surface area (Å²) in [4.78, 5) is 0. The Morgan fingerprint density at radius 3 is 2.58 bits per heavy atom.